The monoisotopic (exact) mass is 363 g/mol. The van der Waals surface area contributed by atoms with Crippen LogP contribution in [0.15, 0.2) is 60.7 Å². The van der Waals surface area contributed by atoms with Crippen molar-refractivity contribution in [3.05, 3.63) is 77.4 Å². The summed E-state index contributed by atoms with van der Waals surface area (Å²) in [5, 5.41) is 3.47. The van der Waals surface area contributed by atoms with Gasteiger partial charge in [-0.05, 0) is 30.5 Å². The molecule has 2 aromatic carbocycles. The third-order valence-corrected chi connectivity index (χ3v) is 4.62. The van der Waals surface area contributed by atoms with Crippen molar-refractivity contribution in [1.29, 1.82) is 0 Å². The largest absolute Gasteiger partial charge is 0.344 e. The van der Waals surface area contributed by atoms with Gasteiger partial charge in [-0.15, -0.1) is 0 Å². The van der Waals surface area contributed by atoms with Crippen LogP contribution < -0.4 is 10.7 Å². The molecule has 0 radical (unpaired) electrons. The first kappa shape index (κ1) is 18.4. The fourth-order valence-electron chi connectivity index (χ4n) is 3.04. The predicted octanol–water partition coefficient (Wildman–Crippen LogP) is 2.90. The van der Waals surface area contributed by atoms with Gasteiger partial charge in [0.05, 0.1) is 0 Å². The van der Waals surface area contributed by atoms with E-state index in [1.54, 1.807) is 30.3 Å². The van der Waals surface area contributed by atoms with E-state index in [4.69, 9.17) is 0 Å². The highest BCUT2D eigenvalue weighted by Gasteiger charge is 2.52. The maximum Gasteiger partial charge on any atom is 0.344 e. The van der Waals surface area contributed by atoms with Crippen molar-refractivity contribution in [2.24, 2.45) is 0 Å². The molecule has 0 saturated carbocycles. The Morgan fingerprint density at radius 3 is 2.41 bits per heavy atom. The molecule has 4 amide bonds. The number of hydrogen-bond acceptors (Lipinski definition) is 3. The van der Waals surface area contributed by atoms with Gasteiger partial charge in [-0.25, -0.2) is 4.79 Å². The molecule has 1 fully saturated rings. The number of carbonyl (C=O) groups is 3. The molecule has 6 nitrogen and oxygen atoms in total. The van der Waals surface area contributed by atoms with E-state index in [2.05, 4.69) is 10.7 Å². The molecular formula is C21H21N3O3. The number of rotatable bonds is 5. The SMILES string of the molecule is CC[C@@]1(c2ccccc2)NC(=O)N(NC(=O)/C=C/c2ccc(C)cc2)C1=O. The topological polar surface area (TPSA) is 78.5 Å². The molecule has 1 atom stereocenters. The van der Waals surface area contributed by atoms with E-state index < -0.39 is 23.4 Å². The van der Waals surface area contributed by atoms with Crippen LogP contribution in [0.5, 0.6) is 0 Å². The van der Waals surface area contributed by atoms with Gasteiger partial charge in [0.2, 0.25) is 0 Å². The number of amides is 4. The average Bonchev–Trinajstić information content (AvgIpc) is 2.93. The van der Waals surface area contributed by atoms with Crippen LogP contribution in [0.3, 0.4) is 0 Å². The first-order valence-electron chi connectivity index (χ1n) is 8.74. The van der Waals surface area contributed by atoms with Crippen LogP contribution in [-0.4, -0.2) is 22.9 Å². The van der Waals surface area contributed by atoms with Gasteiger partial charge in [-0.2, -0.15) is 5.01 Å². The number of aryl methyl sites for hydroxylation is 1. The molecule has 2 aromatic rings. The Bertz CT molecular complexity index is 891. The predicted molar refractivity (Wildman–Crippen MR) is 102 cm³/mol. The van der Waals surface area contributed by atoms with E-state index in [1.165, 1.54) is 6.08 Å². The summed E-state index contributed by atoms with van der Waals surface area (Å²) in [7, 11) is 0. The lowest BCUT2D eigenvalue weighted by Crippen LogP contribution is -2.48. The van der Waals surface area contributed by atoms with Gasteiger partial charge >= 0.3 is 6.03 Å². The summed E-state index contributed by atoms with van der Waals surface area (Å²) in [5.41, 5.74) is 3.83. The van der Waals surface area contributed by atoms with E-state index in [0.29, 0.717) is 12.0 Å². The lowest BCUT2D eigenvalue weighted by atomic mass is 9.87. The summed E-state index contributed by atoms with van der Waals surface area (Å²) < 4.78 is 0. The van der Waals surface area contributed by atoms with E-state index in [9.17, 15) is 14.4 Å². The van der Waals surface area contributed by atoms with Crippen molar-refractivity contribution >= 4 is 23.9 Å². The highest BCUT2D eigenvalue weighted by atomic mass is 16.2. The van der Waals surface area contributed by atoms with Gasteiger partial charge in [0, 0.05) is 6.08 Å². The number of hydrazine groups is 1. The molecule has 0 unspecified atom stereocenters. The molecule has 6 heteroatoms. The van der Waals surface area contributed by atoms with Crippen LogP contribution in [-0.2, 0) is 15.1 Å². The molecular weight excluding hydrogens is 342 g/mol. The van der Waals surface area contributed by atoms with Gasteiger partial charge in [0.15, 0.2) is 0 Å². The fourth-order valence-corrected chi connectivity index (χ4v) is 3.04. The second-order valence-corrected chi connectivity index (χ2v) is 6.42. The maximum absolute atomic E-state index is 12.9. The minimum atomic E-state index is -1.17. The molecule has 1 aliphatic heterocycles. The molecule has 27 heavy (non-hydrogen) atoms. The Labute approximate surface area is 157 Å². The zero-order chi connectivity index (χ0) is 19.4. The first-order chi connectivity index (χ1) is 13.0. The Morgan fingerprint density at radius 2 is 1.78 bits per heavy atom. The molecule has 0 aromatic heterocycles. The molecule has 0 aliphatic carbocycles. The number of hydrogen-bond donors (Lipinski definition) is 2. The molecule has 1 aliphatic rings. The Balaban J connectivity index is 1.75. The highest BCUT2D eigenvalue weighted by Crippen LogP contribution is 2.31. The van der Waals surface area contributed by atoms with Gasteiger partial charge in [0.1, 0.15) is 5.54 Å². The maximum atomic E-state index is 12.9. The number of nitrogens with one attached hydrogen (secondary N) is 2. The van der Waals surface area contributed by atoms with Crippen LogP contribution >= 0.6 is 0 Å². The zero-order valence-corrected chi connectivity index (χ0v) is 15.2. The van der Waals surface area contributed by atoms with Gasteiger partial charge in [-0.3, -0.25) is 15.0 Å². The summed E-state index contributed by atoms with van der Waals surface area (Å²) in [6, 6.07) is 16.0. The van der Waals surface area contributed by atoms with Crippen molar-refractivity contribution in [2.45, 2.75) is 25.8 Å². The van der Waals surface area contributed by atoms with Crippen molar-refractivity contribution in [3.63, 3.8) is 0 Å². The van der Waals surface area contributed by atoms with E-state index in [1.807, 2.05) is 44.2 Å². The van der Waals surface area contributed by atoms with E-state index in [-0.39, 0.29) is 0 Å². The lowest BCUT2D eigenvalue weighted by molar-refractivity contribution is -0.138. The van der Waals surface area contributed by atoms with Crippen LogP contribution in [0, 0.1) is 6.92 Å². The number of nitrogens with zero attached hydrogens (tertiary/aromatic N) is 1. The summed E-state index contributed by atoms with van der Waals surface area (Å²) >= 11 is 0. The molecule has 1 saturated heterocycles. The Hall–Kier alpha value is -3.41. The minimum Gasteiger partial charge on any atom is -0.318 e. The van der Waals surface area contributed by atoms with Crippen LogP contribution in [0.25, 0.3) is 6.08 Å². The van der Waals surface area contributed by atoms with E-state index in [0.717, 1.165) is 16.1 Å². The van der Waals surface area contributed by atoms with Crippen molar-refractivity contribution in [3.8, 4) is 0 Å². The highest BCUT2D eigenvalue weighted by molar-refractivity contribution is 6.09. The van der Waals surface area contributed by atoms with Crippen molar-refractivity contribution in [2.75, 3.05) is 0 Å². The first-order valence-corrected chi connectivity index (χ1v) is 8.74. The van der Waals surface area contributed by atoms with Gasteiger partial charge in [0.25, 0.3) is 11.8 Å². The average molecular weight is 363 g/mol. The second-order valence-electron chi connectivity index (χ2n) is 6.42. The normalized spacial score (nSPS) is 19.4. The minimum absolute atomic E-state index is 0.368. The van der Waals surface area contributed by atoms with Crippen LogP contribution in [0.1, 0.15) is 30.0 Å². The van der Waals surface area contributed by atoms with Crippen molar-refractivity contribution < 1.29 is 14.4 Å². The number of urea groups is 1. The van der Waals surface area contributed by atoms with Gasteiger partial charge < -0.3 is 5.32 Å². The number of benzene rings is 2. The van der Waals surface area contributed by atoms with E-state index >= 15 is 0 Å². The van der Waals surface area contributed by atoms with Gasteiger partial charge in [-0.1, -0.05) is 67.1 Å². The molecule has 0 spiro atoms. The molecule has 138 valence electrons. The molecule has 2 N–H and O–H groups in total. The smallest absolute Gasteiger partial charge is 0.318 e. The summed E-state index contributed by atoms with van der Waals surface area (Å²) in [5.74, 6) is -1.06. The molecule has 1 heterocycles. The Kier molecular flexibility index (Phi) is 5.07. The van der Waals surface area contributed by atoms with Crippen LogP contribution in [0.4, 0.5) is 4.79 Å². The number of carbonyl (C=O) groups excluding carboxylic acids is 3. The summed E-state index contributed by atoms with van der Waals surface area (Å²) in [6.07, 6.45) is 3.28. The Morgan fingerprint density at radius 1 is 1.11 bits per heavy atom. The fraction of sp³-hybridized carbons (Fsp3) is 0.190. The third kappa shape index (κ3) is 3.60. The quantitative estimate of drug-likeness (QED) is 0.633. The standard InChI is InChI=1S/C21H21N3O3/c1-3-21(17-7-5-4-6-8-17)19(26)24(20(27)22-21)23-18(25)14-13-16-11-9-15(2)10-12-16/h4-14H,3H2,1-2H3,(H,22,27)(H,23,25)/b14-13+/t21-/m0/s1. The molecule has 0 bridgehead atoms. The zero-order valence-electron chi connectivity index (χ0n) is 15.2. The van der Waals surface area contributed by atoms with Crippen molar-refractivity contribution in [1.82, 2.24) is 15.8 Å². The third-order valence-electron chi connectivity index (χ3n) is 4.62. The van der Waals surface area contributed by atoms with Crippen LogP contribution in [0.2, 0.25) is 0 Å². The summed E-state index contributed by atoms with van der Waals surface area (Å²) in [6.45, 7) is 3.79. The second kappa shape index (κ2) is 7.45. The lowest BCUT2D eigenvalue weighted by Gasteiger charge is -2.25. The summed E-state index contributed by atoms with van der Waals surface area (Å²) in [4.78, 5) is 37.4. The molecule has 3 rings (SSSR count). The number of imide groups is 1.